The number of carbonyl (C=O) groups is 1. The Kier molecular flexibility index (Phi) is 5.44. The van der Waals surface area contributed by atoms with Crippen LogP contribution in [0, 0.1) is 13.8 Å². The van der Waals surface area contributed by atoms with Gasteiger partial charge in [0.25, 0.3) is 11.7 Å². The van der Waals surface area contributed by atoms with E-state index in [2.05, 4.69) is 24.9 Å². The number of aryl methyl sites for hydroxylation is 1. The lowest BCUT2D eigenvalue weighted by atomic mass is 10.0. The van der Waals surface area contributed by atoms with E-state index in [1.165, 1.54) is 12.4 Å². The molecule has 164 valence electrons. The summed E-state index contributed by atoms with van der Waals surface area (Å²) >= 11 is 12.5. The van der Waals surface area contributed by atoms with Gasteiger partial charge in [0.05, 0.1) is 18.0 Å². The quantitative estimate of drug-likeness (QED) is 0.302. The Morgan fingerprint density at radius 3 is 2.67 bits per heavy atom. The van der Waals surface area contributed by atoms with Gasteiger partial charge >= 0.3 is 0 Å². The Bertz CT molecular complexity index is 1510. The molecule has 3 aromatic heterocycles. The lowest BCUT2D eigenvalue weighted by molar-refractivity contribution is 0.0994. The van der Waals surface area contributed by atoms with E-state index in [0.29, 0.717) is 27.7 Å². The summed E-state index contributed by atoms with van der Waals surface area (Å²) in [6.07, 6.45) is 3.03. The Balaban J connectivity index is 1.61. The monoisotopic (exact) mass is 477 g/mol. The van der Waals surface area contributed by atoms with Crippen molar-refractivity contribution in [1.29, 1.82) is 0 Å². The zero-order chi connectivity index (χ0) is 23.1. The highest BCUT2D eigenvalue weighted by Crippen LogP contribution is 2.31. The van der Waals surface area contributed by atoms with Gasteiger partial charge in [-0.05, 0) is 49.7 Å². The third-order valence-corrected chi connectivity index (χ3v) is 6.10. The van der Waals surface area contributed by atoms with Crippen LogP contribution in [0.4, 0.5) is 0 Å². The van der Waals surface area contributed by atoms with E-state index in [4.69, 9.17) is 27.7 Å². The highest BCUT2D eigenvalue weighted by atomic mass is 35.5. The molecule has 0 bridgehead atoms. The first-order valence-corrected chi connectivity index (χ1v) is 10.9. The van der Waals surface area contributed by atoms with Crippen molar-refractivity contribution in [2.24, 2.45) is 0 Å². The average Bonchev–Trinajstić information content (AvgIpc) is 3.39. The summed E-state index contributed by atoms with van der Waals surface area (Å²) in [5.41, 5.74) is 4.74. The van der Waals surface area contributed by atoms with E-state index in [0.717, 1.165) is 27.7 Å². The number of halogens is 2. The fourth-order valence-corrected chi connectivity index (χ4v) is 4.34. The van der Waals surface area contributed by atoms with Crippen LogP contribution < -0.4 is 0 Å². The number of fused-ring (bicyclic) bond motifs is 1. The second-order valence-electron chi connectivity index (χ2n) is 7.69. The topological polar surface area (TPSA) is 86.7 Å². The van der Waals surface area contributed by atoms with E-state index in [1.54, 1.807) is 18.2 Å². The Morgan fingerprint density at radius 2 is 1.91 bits per heavy atom. The minimum Gasteiger partial charge on any atom is -0.340 e. The summed E-state index contributed by atoms with van der Waals surface area (Å²) < 4.78 is 7.38. The Morgan fingerprint density at radius 1 is 1.06 bits per heavy atom. The van der Waals surface area contributed by atoms with Crippen LogP contribution in [0.3, 0.4) is 0 Å². The number of hydrogen-bond acceptors (Lipinski definition) is 6. The van der Waals surface area contributed by atoms with Crippen molar-refractivity contribution in [1.82, 2.24) is 24.9 Å². The number of rotatable bonds is 5. The van der Waals surface area contributed by atoms with E-state index in [1.807, 2.05) is 38.1 Å². The maximum atomic E-state index is 13.5. The number of ketones is 1. The van der Waals surface area contributed by atoms with Crippen LogP contribution in [0.1, 0.15) is 33.1 Å². The van der Waals surface area contributed by atoms with E-state index in [9.17, 15) is 4.79 Å². The summed E-state index contributed by atoms with van der Waals surface area (Å²) in [6.45, 7) is 4.36. The first-order chi connectivity index (χ1) is 15.9. The first-order valence-electron chi connectivity index (χ1n) is 10.1. The van der Waals surface area contributed by atoms with Crippen LogP contribution in [0.5, 0.6) is 0 Å². The largest absolute Gasteiger partial charge is 0.340 e. The van der Waals surface area contributed by atoms with Crippen molar-refractivity contribution >= 4 is 39.9 Å². The molecule has 7 nitrogen and oxygen atoms in total. The molecule has 0 N–H and O–H groups in total. The minimum atomic E-state index is -0.343. The van der Waals surface area contributed by atoms with Crippen molar-refractivity contribution in [3.8, 4) is 11.4 Å². The smallest absolute Gasteiger partial charge is 0.299 e. The normalized spacial score (nSPS) is 11.3. The van der Waals surface area contributed by atoms with Crippen LogP contribution in [-0.2, 0) is 6.54 Å². The highest BCUT2D eigenvalue weighted by Gasteiger charge is 2.26. The highest BCUT2D eigenvalue weighted by molar-refractivity contribution is 6.35. The lowest BCUT2D eigenvalue weighted by Crippen LogP contribution is -2.07. The SMILES string of the molecule is Cc1ccc2c(c1)c(C(=O)c1nc(-c3ccnnc3)no1)c(C)n2Cc1ccc(Cl)cc1Cl. The van der Waals surface area contributed by atoms with Gasteiger partial charge in [-0.3, -0.25) is 4.79 Å². The molecule has 9 heteroatoms. The predicted octanol–water partition coefficient (Wildman–Crippen LogP) is 5.68. The average molecular weight is 478 g/mol. The fourth-order valence-electron chi connectivity index (χ4n) is 3.87. The summed E-state index contributed by atoms with van der Waals surface area (Å²) in [5, 5.41) is 13.4. The number of benzene rings is 2. The first kappa shape index (κ1) is 21.3. The van der Waals surface area contributed by atoms with Gasteiger partial charge in [-0.2, -0.15) is 15.2 Å². The summed E-state index contributed by atoms with van der Waals surface area (Å²) in [4.78, 5) is 17.8. The van der Waals surface area contributed by atoms with Gasteiger partial charge in [0, 0.05) is 38.8 Å². The zero-order valence-electron chi connectivity index (χ0n) is 17.7. The Labute approximate surface area is 199 Å². The molecule has 0 aliphatic heterocycles. The van der Waals surface area contributed by atoms with Gasteiger partial charge < -0.3 is 9.09 Å². The molecule has 3 heterocycles. The molecule has 0 unspecified atom stereocenters. The molecule has 0 aliphatic rings. The van der Waals surface area contributed by atoms with Gasteiger partial charge in [-0.25, -0.2) is 0 Å². The number of carbonyl (C=O) groups excluding carboxylic acids is 1. The van der Waals surface area contributed by atoms with Crippen LogP contribution in [0.15, 0.2) is 59.4 Å². The summed E-state index contributed by atoms with van der Waals surface area (Å²) in [5.74, 6) is -0.154. The molecule has 0 fully saturated rings. The molecule has 5 rings (SSSR count). The molecule has 33 heavy (non-hydrogen) atoms. The number of aromatic nitrogens is 5. The van der Waals surface area contributed by atoms with Crippen LogP contribution in [-0.4, -0.2) is 30.7 Å². The molecule has 0 radical (unpaired) electrons. The van der Waals surface area contributed by atoms with Gasteiger partial charge in [-0.15, -0.1) is 0 Å². The third kappa shape index (κ3) is 3.90. The molecule has 0 amide bonds. The van der Waals surface area contributed by atoms with Crippen molar-refractivity contribution in [2.75, 3.05) is 0 Å². The minimum absolute atomic E-state index is 0.0880. The predicted molar refractivity (Wildman–Crippen MR) is 126 cm³/mol. The lowest BCUT2D eigenvalue weighted by Gasteiger charge is -2.11. The maximum absolute atomic E-state index is 13.5. The van der Waals surface area contributed by atoms with Crippen LogP contribution in [0.25, 0.3) is 22.3 Å². The molecule has 2 aromatic carbocycles. The van der Waals surface area contributed by atoms with Gasteiger partial charge in [0.15, 0.2) is 0 Å². The zero-order valence-corrected chi connectivity index (χ0v) is 19.2. The standard InChI is InChI=1S/C24H17Cl2N5O2/c1-13-3-6-20-18(9-13)21(14(2)31(20)12-16-4-5-17(25)10-19(16)26)22(32)24-29-23(30-33-24)15-7-8-27-28-11-15/h3-11H,12H2,1-2H3. The van der Waals surface area contributed by atoms with Crippen molar-refractivity contribution in [2.45, 2.75) is 20.4 Å². The molecular weight excluding hydrogens is 461 g/mol. The Hall–Kier alpha value is -3.55. The summed E-state index contributed by atoms with van der Waals surface area (Å²) in [7, 11) is 0. The molecule has 0 aliphatic carbocycles. The second kappa shape index (κ2) is 8.42. The van der Waals surface area contributed by atoms with Crippen molar-refractivity contribution in [3.63, 3.8) is 0 Å². The summed E-state index contributed by atoms with van der Waals surface area (Å²) in [6, 6.07) is 13.1. The van der Waals surface area contributed by atoms with Gasteiger partial charge in [0.2, 0.25) is 5.82 Å². The molecular formula is C24H17Cl2N5O2. The second-order valence-corrected chi connectivity index (χ2v) is 8.53. The maximum Gasteiger partial charge on any atom is 0.299 e. The van der Waals surface area contributed by atoms with Crippen LogP contribution in [0.2, 0.25) is 10.0 Å². The van der Waals surface area contributed by atoms with Crippen LogP contribution >= 0.6 is 23.2 Å². The number of hydrogen-bond donors (Lipinski definition) is 0. The van der Waals surface area contributed by atoms with Crippen molar-refractivity contribution in [3.05, 3.63) is 93.2 Å². The van der Waals surface area contributed by atoms with Gasteiger partial charge in [0.1, 0.15) is 0 Å². The number of nitrogens with zero attached hydrogens (tertiary/aromatic N) is 5. The van der Waals surface area contributed by atoms with E-state index < -0.39 is 0 Å². The molecule has 0 saturated carbocycles. The molecule has 0 spiro atoms. The fraction of sp³-hybridized carbons (Fsp3) is 0.125. The van der Waals surface area contributed by atoms with E-state index in [-0.39, 0.29) is 17.5 Å². The molecule has 0 saturated heterocycles. The molecule has 0 atom stereocenters. The molecule has 5 aromatic rings. The van der Waals surface area contributed by atoms with E-state index >= 15 is 0 Å². The van der Waals surface area contributed by atoms with Gasteiger partial charge in [-0.1, -0.05) is 46.1 Å². The third-order valence-electron chi connectivity index (χ3n) is 5.51. The van der Waals surface area contributed by atoms with Crippen molar-refractivity contribution < 1.29 is 9.32 Å².